The quantitative estimate of drug-likeness (QED) is 0.620. The topological polar surface area (TPSA) is 63.0 Å². The lowest BCUT2D eigenvalue weighted by atomic mass is 10.1. The Morgan fingerprint density at radius 1 is 1.00 bits per heavy atom. The molecule has 192 valence electrons. The molecule has 2 fully saturated rings. The van der Waals surface area contributed by atoms with E-state index in [-0.39, 0.29) is 12.1 Å². The van der Waals surface area contributed by atoms with Gasteiger partial charge in [0, 0.05) is 63.6 Å². The lowest BCUT2D eigenvalue weighted by Gasteiger charge is -2.42. The number of carbonyl (C=O) groups excluding carboxylic acids is 1. The second-order valence-corrected chi connectivity index (χ2v) is 11.0. The van der Waals surface area contributed by atoms with Gasteiger partial charge in [0.15, 0.2) is 0 Å². The van der Waals surface area contributed by atoms with E-state index >= 15 is 0 Å². The number of hydrogen-bond donors (Lipinski definition) is 0. The minimum Gasteiger partial charge on any atom is -0.444 e. The predicted molar refractivity (Wildman–Crippen MR) is 144 cm³/mol. The van der Waals surface area contributed by atoms with Crippen LogP contribution in [0.3, 0.4) is 0 Å². The molecule has 2 saturated heterocycles. The lowest BCUT2D eigenvalue weighted by molar-refractivity contribution is 0.0219. The van der Waals surface area contributed by atoms with Crippen LogP contribution in [0.1, 0.15) is 45.7 Å². The molecule has 2 aromatic carbocycles. The molecular formula is C29H39N5O2. The van der Waals surface area contributed by atoms with Crippen LogP contribution in [0.15, 0.2) is 48.5 Å². The van der Waals surface area contributed by atoms with E-state index in [1.54, 1.807) is 4.90 Å². The second kappa shape index (κ2) is 10.8. The van der Waals surface area contributed by atoms with Crippen molar-refractivity contribution in [3.63, 3.8) is 0 Å². The molecule has 7 nitrogen and oxygen atoms in total. The fourth-order valence-electron chi connectivity index (χ4n) is 5.17. The molecule has 7 heteroatoms. The first-order valence-electron chi connectivity index (χ1n) is 13.0. The van der Waals surface area contributed by atoms with Crippen molar-refractivity contribution in [2.75, 3.05) is 49.1 Å². The van der Waals surface area contributed by atoms with Gasteiger partial charge in [0.1, 0.15) is 11.7 Å². The number of rotatable bonds is 4. The van der Waals surface area contributed by atoms with Gasteiger partial charge in [-0.25, -0.2) is 4.79 Å². The summed E-state index contributed by atoms with van der Waals surface area (Å²) in [6, 6.07) is 19.8. The summed E-state index contributed by atoms with van der Waals surface area (Å²) in [5, 5.41) is 10.00. The zero-order valence-corrected chi connectivity index (χ0v) is 22.3. The first kappa shape index (κ1) is 25.8. The van der Waals surface area contributed by atoms with Crippen molar-refractivity contribution >= 4 is 17.5 Å². The fraction of sp³-hybridized carbons (Fsp3) is 0.517. The van der Waals surface area contributed by atoms with E-state index in [0.717, 1.165) is 37.6 Å². The van der Waals surface area contributed by atoms with Crippen LogP contribution < -0.4 is 9.80 Å². The summed E-state index contributed by atoms with van der Waals surface area (Å²) in [5.41, 5.74) is 3.58. The Bertz CT molecular complexity index is 1090. The number of amides is 1. The Morgan fingerprint density at radius 2 is 1.75 bits per heavy atom. The molecular weight excluding hydrogens is 450 g/mol. The molecule has 0 radical (unpaired) electrons. The normalized spacial score (nSPS) is 21.3. The van der Waals surface area contributed by atoms with Gasteiger partial charge < -0.3 is 19.4 Å². The summed E-state index contributed by atoms with van der Waals surface area (Å²) < 4.78 is 5.55. The van der Waals surface area contributed by atoms with Crippen LogP contribution in [-0.4, -0.2) is 72.8 Å². The van der Waals surface area contributed by atoms with E-state index in [4.69, 9.17) is 4.74 Å². The maximum absolute atomic E-state index is 12.5. The Hall–Kier alpha value is -3.24. The highest BCUT2D eigenvalue weighted by atomic mass is 16.6. The van der Waals surface area contributed by atoms with Gasteiger partial charge in [0.2, 0.25) is 0 Å². The van der Waals surface area contributed by atoms with Gasteiger partial charge >= 0.3 is 6.09 Å². The maximum Gasteiger partial charge on any atom is 0.410 e. The van der Waals surface area contributed by atoms with Crippen molar-refractivity contribution < 1.29 is 9.53 Å². The van der Waals surface area contributed by atoms with E-state index in [2.05, 4.69) is 77.1 Å². The smallest absolute Gasteiger partial charge is 0.410 e. The van der Waals surface area contributed by atoms with Crippen LogP contribution in [0, 0.1) is 11.3 Å². The predicted octanol–water partition coefficient (Wildman–Crippen LogP) is 4.71. The van der Waals surface area contributed by atoms with Crippen molar-refractivity contribution in [3.05, 3.63) is 59.7 Å². The summed E-state index contributed by atoms with van der Waals surface area (Å²) in [5.74, 6) is 0. The molecule has 0 saturated carbocycles. The van der Waals surface area contributed by atoms with Crippen molar-refractivity contribution in [2.45, 2.75) is 58.8 Å². The Kier molecular flexibility index (Phi) is 7.75. The summed E-state index contributed by atoms with van der Waals surface area (Å²) in [4.78, 5) is 21.4. The highest BCUT2D eigenvalue weighted by molar-refractivity contribution is 5.70. The summed E-state index contributed by atoms with van der Waals surface area (Å²) >= 11 is 0. The number of anilines is 2. The van der Waals surface area contributed by atoms with Gasteiger partial charge in [0.05, 0.1) is 11.3 Å². The zero-order valence-electron chi connectivity index (χ0n) is 22.3. The lowest BCUT2D eigenvalue weighted by Crippen LogP contribution is -2.54. The largest absolute Gasteiger partial charge is 0.444 e. The molecule has 2 aliphatic rings. The molecule has 0 spiro atoms. The average Bonchev–Trinajstić information content (AvgIpc) is 2.84. The number of nitrogens with zero attached hydrogens (tertiary/aromatic N) is 5. The van der Waals surface area contributed by atoms with Gasteiger partial charge in [-0.15, -0.1) is 0 Å². The standard InChI is InChI=1S/C29H39N5O2/c1-22-19-32(14-13-31(22)21-24-9-7-6-8-10-24)27-12-11-26(17-25(27)18-30)34-16-15-33(20-23(34)2)28(35)36-29(3,4)5/h6-12,17,22-23H,13-16,19-21H2,1-5H3/t22-,23+/m1/s1. The molecule has 2 aliphatic heterocycles. The second-order valence-electron chi connectivity index (χ2n) is 11.0. The number of benzene rings is 2. The number of carbonyl (C=O) groups is 1. The monoisotopic (exact) mass is 489 g/mol. The number of hydrogen-bond acceptors (Lipinski definition) is 6. The molecule has 0 unspecified atom stereocenters. The number of piperazine rings is 2. The fourth-order valence-corrected chi connectivity index (χ4v) is 5.17. The number of ether oxygens (including phenoxy) is 1. The molecule has 0 bridgehead atoms. The van der Waals surface area contributed by atoms with Crippen molar-refractivity contribution in [1.29, 1.82) is 5.26 Å². The van der Waals surface area contributed by atoms with Crippen LogP contribution in [0.25, 0.3) is 0 Å². The van der Waals surface area contributed by atoms with Crippen LogP contribution in [0.5, 0.6) is 0 Å². The Balaban J connectivity index is 1.41. The van der Waals surface area contributed by atoms with Crippen molar-refractivity contribution in [2.24, 2.45) is 0 Å². The first-order chi connectivity index (χ1) is 17.1. The van der Waals surface area contributed by atoms with Crippen LogP contribution in [0.4, 0.5) is 16.2 Å². The van der Waals surface area contributed by atoms with Gasteiger partial charge in [0.25, 0.3) is 0 Å². The summed E-state index contributed by atoms with van der Waals surface area (Å²) in [6.07, 6.45) is -0.261. The molecule has 0 aliphatic carbocycles. The molecule has 2 aromatic rings. The van der Waals surface area contributed by atoms with E-state index in [0.29, 0.717) is 31.2 Å². The molecule has 2 atom stereocenters. The SMILES string of the molecule is C[C@@H]1CN(c2ccc(N3CCN(C(=O)OC(C)(C)C)C[C@@H]3C)cc2C#N)CCN1Cc1ccccc1. The molecule has 2 heterocycles. The minimum absolute atomic E-state index is 0.130. The van der Waals surface area contributed by atoms with Gasteiger partial charge in [-0.3, -0.25) is 4.90 Å². The van der Waals surface area contributed by atoms with Crippen molar-refractivity contribution in [1.82, 2.24) is 9.80 Å². The molecule has 0 N–H and O–H groups in total. The van der Waals surface area contributed by atoms with E-state index in [9.17, 15) is 10.1 Å². The maximum atomic E-state index is 12.5. The first-order valence-corrected chi connectivity index (χ1v) is 13.0. The molecule has 4 rings (SSSR count). The third-order valence-corrected chi connectivity index (χ3v) is 7.05. The van der Waals surface area contributed by atoms with E-state index in [1.807, 2.05) is 26.8 Å². The third-order valence-electron chi connectivity index (χ3n) is 7.05. The van der Waals surface area contributed by atoms with Crippen LogP contribution in [0.2, 0.25) is 0 Å². The Labute approximate surface area is 215 Å². The minimum atomic E-state index is -0.500. The van der Waals surface area contributed by atoms with Gasteiger partial charge in [-0.1, -0.05) is 30.3 Å². The van der Waals surface area contributed by atoms with Gasteiger partial charge in [-0.2, -0.15) is 5.26 Å². The Morgan fingerprint density at radius 3 is 2.39 bits per heavy atom. The van der Waals surface area contributed by atoms with E-state index < -0.39 is 5.60 Å². The third kappa shape index (κ3) is 6.11. The average molecular weight is 490 g/mol. The van der Waals surface area contributed by atoms with E-state index in [1.165, 1.54) is 5.56 Å². The molecule has 36 heavy (non-hydrogen) atoms. The number of nitriles is 1. The highest BCUT2D eigenvalue weighted by Gasteiger charge is 2.31. The summed E-state index contributed by atoms with van der Waals surface area (Å²) in [6.45, 7) is 15.7. The highest BCUT2D eigenvalue weighted by Crippen LogP contribution is 2.30. The zero-order chi connectivity index (χ0) is 25.9. The van der Waals surface area contributed by atoms with Gasteiger partial charge in [-0.05, 0) is 58.4 Å². The molecule has 0 aromatic heterocycles. The molecule has 1 amide bonds. The van der Waals surface area contributed by atoms with Crippen molar-refractivity contribution in [3.8, 4) is 6.07 Å². The van der Waals surface area contributed by atoms with Crippen LogP contribution >= 0.6 is 0 Å². The summed E-state index contributed by atoms with van der Waals surface area (Å²) in [7, 11) is 0. The van der Waals surface area contributed by atoms with Crippen LogP contribution in [-0.2, 0) is 11.3 Å².